The van der Waals surface area contributed by atoms with Gasteiger partial charge in [-0.2, -0.15) is 8.78 Å². The molecule has 1 amide bonds. The van der Waals surface area contributed by atoms with Gasteiger partial charge in [-0.05, 0) is 37.5 Å². The Morgan fingerprint density at radius 2 is 1.96 bits per heavy atom. The Hall–Kier alpha value is -1.60. The van der Waals surface area contributed by atoms with Crippen LogP contribution in [0.5, 0.6) is 11.5 Å². The lowest BCUT2D eigenvalue weighted by Crippen LogP contribution is -2.52. The Kier molecular flexibility index (Phi) is 7.89. The molecule has 0 radical (unpaired) electrons. The molecule has 142 valence electrons. The standard InChI is InChI=1S/C17H24F2N2O3.ClH/c1-3-23-14-10-12(6-7-13(14)24-16(18)19)11-21(2)15(22)17(20)8-4-5-9-17;/h6-7,10,16H,3-5,8-9,11,20H2,1-2H3;1H. The Balaban J connectivity index is 0.00000312. The number of carbonyl (C=O) groups is 1. The number of likely N-dealkylation sites (N-methyl/N-ethyl adjacent to an activating group) is 1. The van der Waals surface area contributed by atoms with Crippen molar-refractivity contribution in [2.75, 3.05) is 13.7 Å². The van der Waals surface area contributed by atoms with Crippen molar-refractivity contribution in [1.82, 2.24) is 4.90 Å². The summed E-state index contributed by atoms with van der Waals surface area (Å²) in [5.74, 6) is 0.126. The van der Waals surface area contributed by atoms with Crippen LogP contribution in [0.3, 0.4) is 0 Å². The van der Waals surface area contributed by atoms with E-state index in [1.54, 1.807) is 31.0 Å². The second kappa shape index (κ2) is 9.20. The first-order valence-electron chi connectivity index (χ1n) is 8.10. The molecular formula is C17H25ClF2N2O3. The highest BCUT2D eigenvalue weighted by atomic mass is 35.5. The van der Waals surface area contributed by atoms with Gasteiger partial charge in [0.05, 0.1) is 12.1 Å². The molecule has 0 aromatic heterocycles. The van der Waals surface area contributed by atoms with Crippen LogP contribution in [0.15, 0.2) is 18.2 Å². The van der Waals surface area contributed by atoms with Gasteiger partial charge in [0.15, 0.2) is 11.5 Å². The maximum Gasteiger partial charge on any atom is 0.387 e. The molecule has 2 rings (SSSR count). The van der Waals surface area contributed by atoms with Crippen molar-refractivity contribution < 1.29 is 23.0 Å². The fraction of sp³-hybridized carbons (Fsp3) is 0.588. The number of nitrogens with two attached hydrogens (primary N) is 1. The lowest BCUT2D eigenvalue weighted by Gasteiger charge is -2.29. The summed E-state index contributed by atoms with van der Waals surface area (Å²) < 4.78 is 34.7. The zero-order valence-corrected chi connectivity index (χ0v) is 15.3. The predicted molar refractivity (Wildman–Crippen MR) is 93.4 cm³/mol. The molecule has 0 heterocycles. The highest BCUT2D eigenvalue weighted by Gasteiger charge is 2.38. The second-order valence-electron chi connectivity index (χ2n) is 6.12. The van der Waals surface area contributed by atoms with Gasteiger partial charge < -0.3 is 20.1 Å². The number of hydrogen-bond acceptors (Lipinski definition) is 4. The Bertz CT molecular complexity index is 581. The molecule has 2 N–H and O–H groups in total. The van der Waals surface area contributed by atoms with Crippen molar-refractivity contribution >= 4 is 18.3 Å². The van der Waals surface area contributed by atoms with Gasteiger partial charge in [-0.15, -0.1) is 12.4 Å². The van der Waals surface area contributed by atoms with E-state index in [0.29, 0.717) is 26.0 Å². The minimum atomic E-state index is -2.92. The van der Waals surface area contributed by atoms with Crippen LogP contribution < -0.4 is 15.2 Å². The van der Waals surface area contributed by atoms with Crippen LogP contribution in [0.25, 0.3) is 0 Å². The number of hydrogen-bond donors (Lipinski definition) is 1. The minimum absolute atomic E-state index is 0. The van der Waals surface area contributed by atoms with E-state index in [2.05, 4.69) is 4.74 Å². The number of alkyl halides is 2. The number of nitrogens with zero attached hydrogens (tertiary/aromatic N) is 1. The molecule has 1 aliphatic carbocycles. The maximum absolute atomic E-state index is 12.5. The Morgan fingerprint density at radius 1 is 1.32 bits per heavy atom. The van der Waals surface area contributed by atoms with Gasteiger partial charge >= 0.3 is 6.61 Å². The van der Waals surface area contributed by atoms with Crippen molar-refractivity contribution in [2.24, 2.45) is 5.73 Å². The number of rotatable bonds is 7. The third-order valence-corrected chi connectivity index (χ3v) is 4.21. The molecule has 0 atom stereocenters. The van der Waals surface area contributed by atoms with Crippen LogP contribution in [-0.4, -0.2) is 36.6 Å². The summed E-state index contributed by atoms with van der Waals surface area (Å²) in [6.07, 6.45) is 3.32. The molecule has 0 aliphatic heterocycles. The van der Waals surface area contributed by atoms with E-state index in [1.165, 1.54) is 6.07 Å². The summed E-state index contributed by atoms with van der Waals surface area (Å²) >= 11 is 0. The monoisotopic (exact) mass is 378 g/mol. The summed E-state index contributed by atoms with van der Waals surface area (Å²) in [4.78, 5) is 14.1. The zero-order chi connectivity index (χ0) is 17.7. The van der Waals surface area contributed by atoms with Crippen molar-refractivity contribution in [1.29, 1.82) is 0 Å². The molecule has 1 saturated carbocycles. The number of ether oxygens (including phenoxy) is 2. The zero-order valence-electron chi connectivity index (χ0n) is 14.5. The molecule has 1 fully saturated rings. The van der Waals surface area contributed by atoms with Crippen LogP contribution in [0.2, 0.25) is 0 Å². The first-order valence-corrected chi connectivity index (χ1v) is 8.10. The number of halogens is 3. The molecular weight excluding hydrogens is 354 g/mol. The van der Waals surface area contributed by atoms with Gasteiger partial charge in [-0.3, -0.25) is 4.79 Å². The molecule has 0 spiro atoms. The summed E-state index contributed by atoms with van der Waals surface area (Å²) in [5.41, 5.74) is 6.17. The fourth-order valence-electron chi connectivity index (χ4n) is 3.06. The molecule has 1 aromatic carbocycles. The molecule has 1 aliphatic rings. The molecule has 25 heavy (non-hydrogen) atoms. The molecule has 0 saturated heterocycles. The van der Waals surface area contributed by atoms with E-state index < -0.39 is 12.2 Å². The van der Waals surface area contributed by atoms with E-state index in [9.17, 15) is 13.6 Å². The number of amides is 1. The Labute approximate surface area is 152 Å². The van der Waals surface area contributed by atoms with Gasteiger partial charge in [0.1, 0.15) is 0 Å². The van der Waals surface area contributed by atoms with Crippen LogP contribution in [0.1, 0.15) is 38.2 Å². The van der Waals surface area contributed by atoms with Crippen LogP contribution in [0, 0.1) is 0 Å². The minimum Gasteiger partial charge on any atom is -0.490 e. The van der Waals surface area contributed by atoms with Gasteiger partial charge in [0.25, 0.3) is 0 Å². The largest absolute Gasteiger partial charge is 0.490 e. The quantitative estimate of drug-likeness (QED) is 0.790. The normalized spacial score (nSPS) is 15.6. The highest BCUT2D eigenvalue weighted by molar-refractivity contribution is 5.86. The van der Waals surface area contributed by atoms with Crippen molar-refractivity contribution in [3.05, 3.63) is 23.8 Å². The average Bonchev–Trinajstić information content (AvgIpc) is 2.97. The maximum atomic E-state index is 12.5. The molecule has 1 aromatic rings. The van der Waals surface area contributed by atoms with E-state index >= 15 is 0 Å². The van der Waals surface area contributed by atoms with Crippen LogP contribution >= 0.6 is 12.4 Å². The average molecular weight is 379 g/mol. The van der Waals surface area contributed by atoms with Gasteiger partial charge in [0, 0.05) is 13.6 Å². The number of carbonyl (C=O) groups excluding carboxylic acids is 1. The second-order valence-corrected chi connectivity index (χ2v) is 6.12. The lowest BCUT2D eigenvalue weighted by molar-refractivity contribution is -0.136. The van der Waals surface area contributed by atoms with Crippen molar-refractivity contribution in [2.45, 2.75) is 51.3 Å². The van der Waals surface area contributed by atoms with E-state index in [0.717, 1.165) is 18.4 Å². The first kappa shape index (κ1) is 21.4. The van der Waals surface area contributed by atoms with E-state index in [4.69, 9.17) is 10.5 Å². The molecule has 0 bridgehead atoms. The van der Waals surface area contributed by atoms with Gasteiger partial charge in [0.2, 0.25) is 5.91 Å². The SMILES string of the molecule is CCOc1cc(CN(C)C(=O)C2(N)CCCC2)ccc1OC(F)F.Cl. The third-order valence-electron chi connectivity index (χ3n) is 4.21. The third kappa shape index (κ3) is 5.44. The van der Waals surface area contributed by atoms with E-state index in [1.807, 2.05) is 0 Å². The number of benzene rings is 1. The summed E-state index contributed by atoms with van der Waals surface area (Å²) in [7, 11) is 1.69. The smallest absolute Gasteiger partial charge is 0.387 e. The predicted octanol–water partition coefficient (Wildman–Crippen LogP) is 3.34. The highest BCUT2D eigenvalue weighted by Crippen LogP contribution is 2.32. The summed E-state index contributed by atoms with van der Waals surface area (Å²) in [6, 6.07) is 4.68. The van der Waals surface area contributed by atoms with Gasteiger partial charge in [-0.25, -0.2) is 0 Å². The molecule has 8 heteroatoms. The van der Waals surface area contributed by atoms with Crippen LogP contribution in [0.4, 0.5) is 8.78 Å². The lowest BCUT2D eigenvalue weighted by atomic mass is 9.97. The fourth-order valence-corrected chi connectivity index (χ4v) is 3.06. The molecule has 0 unspecified atom stereocenters. The van der Waals surface area contributed by atoms with Gasteiger partial charge in [-0.1, -0.05) is 18.9 Å². The summed E-state index contributed by atoms with van der Waals surface area (Å²) in [6.45, 7) is -0.512. The first-order chi connectivity index (χ1) is 11.4. The van der Waals surface area contributed by atoms with E-state index in [-0.39, 0.29) is 29.8 Å². The van der Waals surface area contributed by atoms with Crippen molar-refractivity contribution in [3.63, 3.8) is 0 Å². The summed E-state index contributed by atoms with van der Waals surface area (Å²) in [5, 5.41) is 0. The van der Waals surface area contributed by atoms with Crippen molar-refractivity contribution in [3.8, 4) is 11.5 Å². The topological polar surface area (TPSA) is 64.8 Å². The van der Waals surface area contributed by atoms with Crippen LogP contribution in [-0.2, 0) is 11.3 Å². The Morgan fingerprint density at radius 3 is 2.52 bits per heavy atom. The molecule has 5 nitrogen and oxygen atoms in total.